The SMILES string of the molecule is CC1CCCC1C(N)C1=CCCCCC1. The lowest BCUT2D eigenvalue weighted by Crippen LogP contribution is -2.33. The largest absolute Gasteiger partial charge is 0.324 e. The standard InChI is InChI=1S/C14H25N/c1-11-7-6-10-13(11)14(15)12-8-4-2-3-5-9-12/h8,11,13-14H,2-7,9-10,15H2,1H3. The number of hydrogen-bond donors (Lipinski definition) is 1. The predicted molar refractivity (Wildman–Crippen MR) is 65.6 cm³/mol. The molecule has 0 aromatic carbocycles. The van der Waals surface area contributed by atoms with Gasteiger partial charge in [0.15, 0.2) is 0 Å². The lowest BCUT2D eigenvalue weighted by Gasteiger charge is -2.25. The van der Waals surface area contributed by atoms with Crippen molar-refractivity contribution in [3.8, 4) is 0 Å². The van der Waals surface area contributed by atoms with Crippen LogP contribution in [-0.4, -0.2) is 6.04 Å². The van der Waals surface area contributed by atoms with E-state index < -0.39 is 0 Å². The fraction of sp³-hybridized carbons (Fsp3) is 0.857. The highest BCUT2D eigenvalue weighted by Gasteiger charge is 2.30. The quantitative estimate of drug-likeness (QED) is 0.687. The van der Waals surface area contributed by atoms with Crippen LogP contribution in [0.5, 0.6) is 0 Å². The summed E-state index contributed by atoms with van der Waals surface area (Å²) in [5, 5.41) is 0. The summed E-state index contributed by atoms with van der Waals surface area (Å²) in [5.74, 6) is 1.62. The van der Waals surface area contributed by atoms with Gasteiger partial charge in [-0.25, -0.2) is 0 Å². The van der Waals surface area contributed by atoms with Gasteiger partial charge in [0.2, 0.25) is 0 Å². The Bertz CT molecular complexity index is 231. The van der Waals surface area contributed by atoms with Crippen LogP contribution in [0.3, 0.4) is 0 Å². The Morgan fingerprint density at radius 3 is 2.80 bits per heavy atom. The molecular formula is C14H25N. The van der Waals surface area contributed by atoms with E-state index in [1.165, 1.54) is 51.4 Å². The van der Waals surface area contributed by atoms with E-state index in [1.54, 1.807) is 5.57 Å². The van der Waals surface area contributed by atoms with E-state index in [1.807, 2.05) is 0 Å². The monoisotopic (exact) mass is 207 g/mol. The van der Waals surface area contributed by atoms with E-state index >= 15 is 0 Å². The highest BCUT2D eigenvalue weighted by atomic mass is 14.7. The molecule has 3 unspecified atom stereocenters. The fourth-order valence-corrected chi connectivity index (χ4v) is 3.33. The summed E-state index contributed by atoms with van der Waals surface area (Å²) in [6.07, 6.45) is 13.3. The van der Waals surface area contributed by atoms with Gasteiger partial charge in [-0.05, 0) is 43.9 Å². The van der Waals surface area contributed by atoms with Gasteiger partial charge in [-0.2, -0.15) is 0 Å². The molecule has 2 aliphatic carbocycles. The van der Waals surface area contributed by atoms with Crippen molar-refractivity contribution in [2.45, 2.75) is 64.3 Å². The van der Waals surface area contributed by atoms with E-state index in [-0.39, 0.29) is 0 Å². The zero-order valence-corrected chi connectivity index (χ0v) is 10.0. The molecule has 0 aliphatic heterocycles. The zero-order chi connectivity index (χ0) is 10.7. The predicted octanol–water partition coefficient (Wildman–Crippen LogP) is 3.64. The zero-order valence-electron chi connectivity index (χ0n) is 10.0. The van der Waals surface area contributed by atoms with Gasteiger partial charge in [-0.1, -0.05) is 37.8 Å². The van der Waals surface area contributed by atoms with Gasteiger partial charge in [-0.15, -0.1) is 0 Å². The first kappa shape index (κ1) is 11.2. The summed E-state index contributed by atoms with van der Waals surface area (Å²) >= 11 is 0. The third-order valence-electron chi connectivity index (χ3n) is 4.39. The molecule has 2 aliphatic rings. The molecule has 1 nitrogen and oxygen atoms in total. The van der Waals surface area contributed by atoms with Gasteiger partial charge in [-0.3, -0.25) is 0 Å². The summed E-state index contributed by atoms with van der Waals surface area (Å²) in [6.45, 7) is 2.38. The van der Waals surface area contributed by atoms with E-state index in [0.29, 0.717) is 6.04 Å². The summed E-state index contributed by atoms with van der Waals surface area (Å²) in [5.41, 5.74) is 8.02. The van der Waals surface area contributed by atoms with Crippen LogP contribution in [0.2, 0.25) is 0 Å². The Labute approximate surface area is 94.1 Å². The van der Waals surface area contributed by atoms with Crippen molar-refractivity contribution in [1.29, 1.82) is 0 Å². The number of rotatable bonds is 2. The third-order valence-corrected chi connectivity index (χ3v) is 4.39. The highest BCUT2D eigenvalue weighted by Crippen LogP contribution is 2.36. The summed E-state index contributed by atoms with van der Waals surface area (Å²) in [6, 6.07) is 0.376. The fourth-order valence-electron chi connectivity index (χ4n) is 3.33. The molecule has 0 saturated heterocycles. The maximum atomic E-state index is 6.45. The maximum absolute atomic E-state index is 6.45. The molecule has 0 bridgehead atoms. The molecule has 1 fully saturated rings. The smallest absolute Gasteiger partial charge is 0.0284 e. The van der Waals surface area contributed by atoms with Gasteiger partial charge in [0.25, 0.3) is 0 Å². The van der Waals surface area contributed by atoms with Crippen LogP contribution in [0, 0.1) is 11.8 Å². The Morgan fingerprint density at radius 2 is 2.07 bits per heavy atom. The third kappa shape index (κ3) is 2.63. The van der Waals surface area contributed by atoms with Gasteiger partial charge in [0.05, 0.1) is 0 Å². The van der Waals surface area contributed by atoms with Gasteiger partial charge in [0.1, 0.15) is 0 Å². The lowest BCUT2D eigenvalue weighted by atomic mass is 9.85. The van der Waals surface area contributed by atoms with Crippen molar-refractivity contribution >= 4 is 0 Å². The molecule has 3 atom stereocenters. The van der Waals surface area contributed by atoms with E-state index in [2.05, 4.69) is 13.0 Å². The van der Waals surface area contributed by atoms with Crippen molar-refractivity contribution in [3.63, 3.8) is 0 Å². The Morgan fingerprint density at radius 1 is 1.20 bits per heavy atom. The minimum absolute atomic E-state index is 0.376. The van der Waals surface area contributed by atoms with Crippen molar-refractivity contribution in [1.82, 2.24) is 0 Å². The molecule has 0 radical (unpaired) electrons. The summed E-state index contributed by atoms with van der Waals surface area (Å²) in [4.78, 5) is 0. The molecule has 1 saturated carbocycles. The van der Waals surface area contributed by atoms with Crippen molar-refractivity contribution in [3.05, 3.63) is 11.6 Å². The minimum atomic E-state index is 0.376. The van der Waals surface area contributed by atoms with E-state index in [0.717, 1.165) is 11.8 Å². The number of allylic oxidation sites excluding steroid dienone is 1. The van der Waals surface area contributed by atoms with Crippen LogP contribution in [0.1, 0.15) is 58.3 Å². The second-order valence-electron chi connectivity index (χ2n) is 5.48. The number of nitrogens with two attached hydrogens (primary N) is 1. The van der Waals surface area contributed by atoms with Crippen LogP contribution in [0.15, 0.2) is 11.6 Å². The molecule has 86 valence electrons. The van der Waals surface area contributed by atoms with Gasteiger partial charge >= 0.3 is 0 Å². The van der Waals surface area contributed by atoms with Crippen LogP contribution in [0.4, 0.5) is 0 Å². The van der Waals surface area contributed by atoms with Crippen LogP contribution >= 0.6 is 0 Å². The van der Waals surface area contributed by atoms with Crippen LogP contribution < -0.4 is 5.73 Å². The molecule has 15 heavy (non-hydrogen) atoms. The van der Waals surface area contributed by atoms with Crippen molar-refractivity contribution in [2.75, 3.05) is 0 Å². The minimum Gasteiger partial charge on any atom is -0.324 e. The van der Waals surface area contributed by atoms with Crippen molar-refractivity contribution < 1.29 is 0 Å². The second-order valence-corrected chi connectivity index (χ2v) is 5.48. The van der Waals surface area contributed by atoms with Crippen LogP contribution in [0.25, 0.3) is 0 Å². The molecule has 0 spiro atoms. The molecule has 0 aromatic rings. The first-order valence-electron chi connectivity index (χ1n) is 6.73. The van der Waals surface area contributed by atoms with Crippen LogP contribution in [-0.2, 0) is 0 Å². The Balaban J connectivity index is 1.98. The van der Waals surface area contributed by atoms with Crippen molar-refractivity contribution in [2.24, 2.45) is 17.6 Å². The average molecular weight is 207 g/mol. The molecule has 0 amide bonds. The van der Waals surface area contributed by atoms with Gasteiger partial charge < -0.3 is 5.73 Å². The summed E-state index contributed by atoms with van der Waals surface area (Å²) in [7, 11) is 0. The normalized spacial score (nSPS) is 34.7. The average Bonchev–Trinajstić information content (AvgIpc) is 2.53. The van der Waals surface area contributed by atoms with Gasteiger partial charge in [0, 0.05) is 6.04 Å². The highest BCUT2D eigenvalue weighted by molar-refractivity contribution is 5.14. The first-order chi connectivity index (χ1) is 7.29. The van der Waals surface area contributed by atoms with E-state index in [4.69, 9.17) is 5.73 Å². The molecule has 0 aromatic heterocycles. The van der Waals surface area contributed by atoms with E-state index in [9.17, 15) is 0 Å². The molecule has 0 heterocycles. The molecular weight excluding hydrogens is 182 g/mol. The Hall–Kier alpha value is -0.300. The number of hydrogen-bond acceptors (Lipinski definition) is 1. The lowest BCUT2D eigenvalue weighted by molar-refractivity contribution is 0.367. The summed E-state index contributed by atoms with van der Waals surface area (Å²) < 4.78 is 0. The second kappa shape index (κ2) is 5.16. The molecule has 2 N–H and O–H groups in total. The molecule has 1 heteroatoms. The first-order valence-corrected chi connectivity index (χ1v) is 6.73. The maximum Gasteiger partial charge on any atom is 0.0284 e. The Kier molecular flexibility index (Phi) is 3.85. The molecule has 2 rings (SSSR count). The topological polar surface area (TPSA) is 26.0 Å².